The zero-order valence-corrected chi connectivity index (χ0v) is 13.0. The van der Waals surface area contributed by atoms with Gasteiger partial charge < -0.3 is 14.9 Å². The molecule has 0 saturated carbocycles. The van der Waals surface area contributed by atoms with Crippen LogP contribution >= 0.6 is 23.4 Å². The van der Waals surface area contributed by atoms with E-state index in [-0.39, 0.29) is 10.8 Å². The van der Waals surface area contributed by atoms with Crippen molar-refractivity contribution in [1.29, 1.82) is 0 Å². The van der Waals surface area contributed by atoms with Crippen LogP contribution < -0.4 is 4.74 Å². The summed E-state index contributed by atoms with van der Waals surface area (Å²) in [5, 5.41) is 19.2. The summed E-state index contributed by atoms with van der Waals surface area (Å²) >= 11 is 6.91. The van der Waals surface area contributed by atoms with E-state index in [1.54, 1.807) is 24.3 Å². The van der Waals surface area contributed by atoms with Gasteiger partial charge in [-0.15, -0.1) is 0 Å². The van der Waals surface area contributed by atoms with Crippen molar-refractivity contribution in [3.8, 4) is 5.75 Å². The minimum absolute atomic E-state index is 0.135. The number of aliphatic hydroxyl groups excluding tert-OH is 1. The fourth-order valence-electron chi connectivity index (χ4n) is 2.43. The molecule has 2 aliphatic rings. The molecule has 0 spiro atoms. The highest BCUT2D eigenvalue weighted by Crippen LogP contribution is 2.50. The Balaban J connectivity index is 1.88. The molecule has 1 saturated heterocycles. The van der Waals surface area contributed by atoms with Crippen molar-refractivity contribution in [2.24, 2.45) is 5.92 Å². The van der Waals surface area contributed by atoms with Crippen molar-refractivity contribution in [2.75, 3.05) is 0 Å². The molecule has 1 aromatic rings. The van der Waals surface area contributed by atoms with Crippen molar-refractivity contribution < 1.29 is 24.5 Å². The molecule has 0 aromatic heterocycles. The number of aliphatic carboxylic acids is 1. The molecule has 3 rings (SSSR count). The summed E-state index contributed by atoms with van der Waals surface area (Å²) < 4.78 is 5.59. The number of fused-ring (bicyclic) bond motifs is 1. The van der Waals surface area contributed by atoms with Gasteiger partial charge in [-0.05, 0) is 31.2 Å². The fourth-order valence-corrected chi connectivity index (χ4v) is 4.02. The minimum Gasteiger partial charge on any atom is -0.476 e. The normalized spacial score (nSPS) is 24.9. The van der Waals surface area contributed by atoms with Gasteiger partial charge in [0.05, 0.1) is 12.0 Å². The van der Waals surface area contributed by atoms with Gasteiger partial charge in [0.2, 0.25) is 5.91 Å². The van der Waals surface area contributed by atoms with Gasteiger partial charge in [-0.1, -0.05) is 23.4 Å². The predicted molar refractivity (Wildman–Crippen MR) is 80.1 cm³/mol. The molecule has 6 nitrogen and oxygen atoms in total. The number of halogens is 1. The summed E-state index contributed by atoms with van der Waals surface area (Å²) in [7, 11) is 0. The molecule has 116 valence electrons. The molecule has 1 fully saturated rings. The summed E-state index contributed by atoms with van der Waals surface area (Å²) in [6.45, 7) is 1.51. The predicted octanol–water partition coefficient (Wildman–Crippen LogP) is 1.88. The van der Waals surface area contributed by atoms with Crippen molar-refractivity contribution in [1.82, 2.24) is 4.90 Å². The van der Waals surface area contributed by atoms with E-state index in [2.05, 4.69) is 0 Å². The maximum atomic E-state index is 12.0. The van der Waals surface area contributed by atoms with Crippen LogP contribution in [0.5, 0.6) is 5.75 Å². The number of rotatable bonds is 4. The minimum atomic E-state index is -1.24. The van der Waals surface area contributed by atoms with Gasteiger partial charge in [-0.2, -0.15) is 0 Å². The highest BCUT2D eigenvalue weighted by atomic mass is 35.5. The lowest BCUT2D eigenvalue weighted by molar-refractivity contribution is -0.156. The van der Waals surface area contributed by atoms with Gasteiger partial charge in [0.15, 0.2) is 10.8 Å². The molecule has 3 atom stereocenters. The van der Waals surface area contributed by atoms with Gasteiger partial charge in [0, 0.05) is 5.02 Å². The van der Waals surface area contributed by atoms with Crippen molar-refractivity contribution in [2.45, 2.75) is 18.4 Å². The first kappa shape index (κ1) is 15.2. The quantitative estimate of drug-likeness (QED) is 0.813. The van der Waals surface area contributed by atoms with Crippen molar-refractivity contribution >= 4 is 35.2 Å². The van der Waals surface area contributed by atoms with Crippen LogP contribution in [-0.4, -0.2) is 38.5 Å². The summed E-state index contributed by atoms with van der Waals surface area (Å²) in [5.41, 5.74) is -0.188. The standard InChI is InChI=1S/C14H12ClNO5S/c1-6(17)9-11(18)16-10(13(19)20)14(22-12(9)16)21-8-4-2-7(15)3-5-8/h2-6,9,12,17H,1H3,(H,19,20)/t6-,9+,12+/m1/s1. The zero-order valence-electron chi connectivity index (χ0n) is 11.4. The number of carbonyl (C=O) groups is 2. The molecule has 2 aliphatic heterocycles. The van der Waals surface area contributed by atoms with Gasteiger partial charge in [-0.3, -0.25) is 9.69 Å². The molecule has 2 N–H and O–H groups in total. The average molecular weight is 342 g/mol. The van der Waals surface area contributed by atoms with E-state index >= 15 is 0 Å². The van der Waals surface area contributed by atoms with E-state index in [1.165, 1.54) is 6.92 Å². The fraction of sp³-hybridized carbons (Fsp3) is 0.286. The van der Waals surface area contributed by atoms with Crippen LogP contribution in [0.2, 0.25) is 5.02 Å². The number of hydrogen-bond acceptors (Lipinski definition) is 5. The highest BCUT2D eigenvalue weighted by molar-refractivity contribution is 8.03. The van der Waals surface area contributed by atoms with Crippen LogP contribution in [0.3, 0.4) is 0 Å². The molecule has 0 unspecified atom stereocenters. The van der Waals surface area contributed by atoms with Crippen molar-refractivity contribution in [3.05, 3.63) is 40.1 Å². The van der Waals surface area contributed by atoms with Crippen LogP contribution in [0.1, 0.15) is 6.92 Å². The number of β-lactam (4-membered cyclic amide) rings is 1. The molecule has 1 aromatic carbocycles. The molecule has 8 heteroatoms. The number of carboxylic acids is 1. The third kappa shape index (κ3) is 2.35. The Bertz CT molecular complexity index is 672. The largest absolute Gasteiger partial charge is 0.476 e. The molecular weight excluding hydrogens is 330 g/mol. The second-order valence-electron chi connectivity index (χ2n) is 4.98. The first-order valence-corrected chi connectivity index (χ1v) is 7.74. The van der Waals surface area contributed by atoms with E-state index in [0.717, 1.165) is 16.7 Å². The lowest BCUT2D eigenvalue weighted by Crippen LogP contribution is -2.60. The Kier molecular flexibility index (Phi) is 3.80. The number of ether oxygens (including phenoxy) is 1. The van der Waals surface area contributed by atoms with Gasteiger partial charge in [-0.25, -0.2) is 4.79 Å². The van der Waals surface area contributed by atoms with Crippen LogP contribution in [0, 0.1) is 5.92 Å². The number of hydrogen-bond donors (Lipinski definition) is 2. The molecular formula is C14H12ClNO5S. The average Bonchev–Trinajstić information content (AvgIpc) is 2.75. The number of aliphatic hydroxyl groups is 1. The van der Waals surface area contributed by atoms with Gasteiger partial charge >= 0.3 is 5.97 Å². The first-order chi connectivity index (χ1) is 10.4. The number of amides is 1. The molecule has 2 heterocycles. The maximum Gasteiger partial charge on any atom is 0.357 e. The Labute approximate surface area is 135 Å². The Morgan fingerprint density at radius 2 is 2.05 bits per heavy atom. The van der Waals surface area contributed by atoms with E-state index in [9.17, 15) is 19.8 Å². The second kappa shape index (κ2) is 5.49. The summed E-state index contributed by atoms with van der Waals surface area (Å²) in [4.78, 5) is 24.6. The van der Waals surface area contributed by atoms with E-state index in [1.807, 2.05) is 0 Å². The van der Waals surface area contributed by atoms with E-state index in [4.69, 9.17) is 16.3 Å². The van der Waals surface area contributed by atoms with E-state index in [0.29, 0.717) is 10.8 Å². The monoisotopic (exact) mass is 341 g/mol. The third-order valence-corrected chi connectivity index (χ3v) is 4.98. The Morgan fingerprint density at radius 1 is 1.41 bits per heavy atom. The van der Waals surface area contributed by atoms with Crippen LogP contribution in [-0.2, 0) is 9.59 Å². The lowest BCUT2D eigenvalue weighted by Gasteiger charge is -2.43. The number of nitrogens with zero attached hydrogens (tertiary/aromatic N) is 1. The lowest BCUT2D eigenvalue weighted by atomic mass is 9.92. The number of carbonyl (C=O) groups excluding carboxylic acids is 1. The number of carboxylic acid groups (broad SMARTS) is 1. The molecule has 1 amide bonds. The smallest absolute Gasteiger partial charge is 0.357 e. The van der Waals surface area contributed by atoms with E-state index < -0.39 is 29.3 Å². The summed E-state index contributed by atoms with van der Waals surface area (Å²) in [6, 6.07) is 6.46. The third-order valence-electron chi connectivity index (χ3n) is 3.49. The Hall–Kier alpha value is -1.70. The molecule has 0 radical (unpaired) electrons. The first-order valence-electron chi connectivity index (χ1n) is 6.49. The van der Waals surface area contributed by atoms with Gasteiger partial charge in [0.1, 0.15) is 11.1 Å². The zero-order chi connectivity index (χ0) is 16.0. The SMILES string of the molecule is C[C@@H](O)[C@H]1C(=O)N2C(C(=O)O)=C(Oc3ccc(Cl)cc3)S[C@@H]12. The maximum absolute atomic E-state index is 12.0. The Morgan fingerprint density at radius 3 is 2.59 bits per heavy atom. The number of thioether (sulfide) groups is 1. The second-order valence-corrected chi connectivity index (χ2v) is 6.51. The van der Waals surface area contributed by atoms with Crippen molar-refractivity contribution in [3.63, 3.8) is 0 Å². The molecule has 22 heavy (non-hydrogen) atoms. The number of benzene rings is 1. The topological polar surface area (TPSA) is 87.1 Å². The van der Waals surface area contributed by atoms with Gasteiger partial charge in [0.25, 0.3) is 0 Å². The summed E-state index contributed by atoms with van der Waals surface area (Å²) in [5.74, 6) is -1.84. The summed E-state index contributed by atoms with van der Waals surface area (Å²) in [6.07, 6.45) is -0.842. The highest BCUT2D eigenvalue weighted by Gasteiger charge is 2.58. The van der Waals surface area contributed by atoms with Crippen LogP contribution in [0.25, 0.3) is 0 Å². The van der Waals surface area contributed by atoms with Crippen LogP contribution in [0.4, 0.5) is 0 Å². The molecule has 0 bridgehead atoms. The molecule has 0 aliphatic carbocycles. The van der Waals surface area contributed by atoms with Crippen LogP contribution in [0.15, 0.2) is 35.1 Å².